The van der Waals surface area contributed by atoms with Crippen LogP contribution in [0.15, 0.2) is 6.07 Å². The van der Waals surface area contributed by atoms with Crippen molar-refractivity contribution in [3.63, 3.8) is 0 Å². The molecule has 12 heavy (non-hydrogen) atoms. The summed E-state index contributed by atoms with van der Waals surface area (Å²) in [6.45, 7) is 2.96. The first kappa shape index (κ1) is 7.76. The van der Waals surface area contributed by atoms with Crippen molar-refractivity contribution in [2.45, 2.75) is 19.7 Å². The number of likely N-dealkylation sites (N-methyl/N-ethyl adjacent to an activating group) is 1. The quantitative estimate of drug-likeness (QED) is 0.631. The summed E-state index contributed by atoms with van der Waals surface area (Å²) in [4.78, 5) is 2.25. The molecule has 0 aliphatic carbocycles. The Labute approximate surface area is 71.4 Å². The molecule has 0 amide bonds. The van der Waals surface area contributed by atoms with Gasteiger partial charge in [-0.1, -0.05) is 0 Å². The van der Waals surface area contributed by atoms with Crippen LogP contribution in [-0.2, 0) is 19.7 Å². The van der Waals surface area contributed by atoms with Gasteiger partial charge in [-0.05, 0) is 13.1 Å². The summed E-state index contributed by atoms with van der Waals surface area (Å²) in [6, 6.07) is 1.97. The SMILES string of the molecule is CN1CCn2nc(CO)cc2C1. The largest absolute Gasteiger partial charge is 0.390 e. The first-order valence-electron chi connectivity index (χ1n) is 4.14. The Hall–Kier alpha value is -0.870. The van der Waals surface area contributed by atoms with Gasteiger partial charge in [0.2, 0.25) is 0 Å². The predicted octanol–water partition coefficient (Wildman–Crippen LogP) is -0.179. The number of aliphatic hydroxyl groups is 1. The highest BCUT2D eigenvalue weighted by molar-refractivity contribution is 5.10. The summed E-state index contributed by atoms with van der Waals surface area (Å²) in [7, 11) is 2.09. The van der Waals surface area contributed by atoms with Gasteiger partial charge in [0.25, 0.3) is 0 Å². The molecule has 0 spiro atoms. The molecule has 0 bridgehead atoms. The maximum atomic E-state index is 8.86. The number of aromatic nitrogens is 2. The van der Waals surface area contributed by atoms with E-state index in [1.165, 1.54) is 5.69 Å². The van der Waals surface area contributed by atoms with Crippen LogP contribution in [0.1, 0.15) is 11.4 Å². The van der Waals surface area contributed by atoms with E-state index in [2.05, 4.69) is 17.0 Å². The number of nitrogens with zero attached hydrogens (tertiary/aromatic N) is 3. The molecule has 0 atom stereocenters. The minimum atomic E-state index is 0.0454. The van der Waals surface area contributed by atoms with Gasteiger partial charge in [-0.25, -0.2) is 0 Å². The van der Waals surface area contributed by atoms with Crippen LogP contribution in [0.5, 0.6) is 0 Å². The lowest BCUT2D eigenvalue weighted by atomic mass is 10.3. The van der Waals surface area contributed by atoms with E-state index in [0.29, 0.717) is 0 Å². The molecule has 0 saturated carbocycles. The number of fused-ring (bicyclic) bond motifs is 1. The summed E-state index contributed by atoms with van der Waals surface area (Å²) >= 11 is 0. The second-order valence-electron chi connectivity index (χ2n) is 3.25. The second-order valence-corrected chi connectivity index (χ2v) is 3.25. The molecule has 0 radical (unpaired) electrons. The summed E-state index contributed by atoms with van der Waals surface area (Å²) in [5.41, 5.74) is 1.98. The predicted molar refractivity (Wildman–Crippen MR) is 44.5 cm³/mol. The maximum Gasteiger partial charge on any atom is 0.0882 e. The molecule has 1 aliphatic heterocycles. The Morgan fingerprint density at radius 1 is 1.58 bits per heavy atom. The van der Waals surface area contributed by atoms with E-state index in [1.54, 1.807) is 0 Å². The molecule has 1 aliphatic rings. The molecule has 2 rings (SSSR count). The fraction of sp³-hybridized carbons (Fsp3) is 0.625. The van der Waals surface area contributed by atoms with Crippen LogP contribution in [-0.4, -0.2) is 33.4 Å². The molecule has 1 aromatic rings. The minimum absolute atomic E-state index is 0.0454. The average molecular weight is 167 g/mol. The zero-order valence-corrected chi connectivity index (χ0v) is 7.19. The van der Waals surface area contributed by atoms with Crippen LogP contribution in [0.3, 0.4) is 0 Å². The van der Waals surface area contributed by atoms with E-state index in [1.807, 2.05) is 10.7 Å². The van der Waals surface area contributed by atoms with Crippen LogP contribution in [0.2, 0.25) is 0 Å². The Morgan fingerprint density at radius 3 is 3.17 bits per heavy atom. The lowest BCUT2D eigenvalue weighted by Gasteiger charge is -2.22. The van der Waals surface area contributed by atoms with E-state index >= 15 is 0 Å². The Bertz CT molecular complexity index is 282. The highest BCUT2D eigenvalue weighted by Crippen LogP contribution is 2.11. The van der Waals surface area contributed by atoms with Crippen molar-refractivity contribution in [3.8, 4) is 0 Å². The van der Waals surface area contributed by atoms with E-state index in [0.717, 1.165) is 25.3 Å². The summed E-state index contributed by atoms with van der Waals surface area (Å²) in [5.74, 6) is 0. The fourth-order valence-corrected chi connectivity index (χ4v) is 1.53. The number of hydrogen-bond donors (Lipinski definition) is 1. The Kier molecular flexibility index (Phi) is 1.86. The van der Waals surface area contributed by atoms with Crippen molar-refractivity contribution in [2.75, 3.05) is 13.6 Å². The summed E-state index contributed by atoms with van der Waals surface area (Å²) < 4.78 is 1.98. The van der Waals surface area contributed by atoms with E-state index in [4.69, 9.17) is 5.11 Å². The van der Waals surface area contributed by atoms with Crippen molar-refractivity contribution >= 4 is 0 Å². The van der Waals surface area contributed by atoms with Gasteiger partial charge in [0, 0.05) is 13.1 Å². The van der Waals surface area contributed by atoms with Gasteiger partial charge in [-0.15, -0.1) is 0 Å². The molecule has 0 unspecified atom stereocenters. The zero-order valence-electron chi connectivity index (χ0n) is 7.19. The molecule has 66 valence electrons. The fourth-order valence-electron chi connectivity index (χ4n) is 1.53. The van der Waals surface area contributed by atoms with Crippen molar-refractivity contribution in [2.24, 2.45) is 0 Å². The first-order chi connectivity index (χ1) is 5.79. The van der Waals surface area contributed by atoms with Crippen molar-refractivity contribution in [3.05, 3.63) is 17.5 Å². The zero-order chi connectivity index (χ0) is 8.55. The van der Waals surface area contributed by atoms with Gasteiger partial charge in [-0.3, -0.25) is 9.58 Å². The molecule has 1 aromatic heterocycles. The van der Waals surface area contributed by atoms with Gasteiger partial charge in [0.05, 0.1) is 24.5 Å². The standard InChI is InChI=1S/C8H13N3O/c1-10-2-3-11-8(5-10)4-7(6-12)9-11/h4,12H,2-3,5-6H2,1H3. The maximum absolute atomic E-state index is 8.86. The molecule has 4 nitrogen and oxygen atoms in total. The number of aliphatic hydroxyl groups excluding tert-OH is 1. The van der Waals surface area contributed by atoms with Crippen molar-refractivity contribution < 1.29 is 5.11 Å². The van der Waals surface area contributed by atoms with Gasteiger partial charge in [0.15, 0.2) is 0 Å². The molecular formula is C8H13N3O. The van der Waals surface area contributed by atoms with Gasteiger partial charge in [-0.2, -0.15) is 5.10 Å². The Morgan fingerprint density at radius 2 is 2.42 bits per heavy atom. The Balaban J connectivity index is 2.28. The third-order valence-electron chi connectivity index (χ3n) is 2.20. The van der Waals surface area contributed by atoms with Crippen LogP contribution in [0.4, 0.5) is 0 Å². The second kappa shape index (κ2) is 2.88. The number of hydrogen-bond acceptors (Lipinski definition) is 3. The number of rotatable bonds is 1. The van der Waals surface area contributed by atoms with Gasteiger partial charge >= 0.3 is 0 Å². The topological polar surface area (TPSA) is 41.3 Å². The normalized spacial score (nSPS) is 17.8. The molecule has 1 N–H and O–H groups in total. The van der Waals surface area contributed by atoms with Crippen molar-refractivity contribution in [1.29, 1.82) is 0 Å². The summed E-state index contributed by atoms with van der Waals surface area (Å²) in [5, 5.41) is 13.1. The average Bonchev–Trinajstić information content (AvgIpc) is 2.46. The smallest absolute Gasteiger partial charge is 0.0882 e. The van der Waals surface area contributed by atoms with Crippen LogP contribution >= 0.6 is 0 Å². The molecule has 0 aromatic carbocycles. The third-order valence-corrected chi connectivity index (χ3v) is 2.20. The van der Waals surface area contributed by atoms with Crippen LogP contribution < -0.4 is 0 Å². The highest BCUT2D eigenvalue weighted by Gasteiger charge is 2.14. The molecule has 0 saturated heterocycles. The lowest BCUT2D eigenvalue weighted by molar-refractivity contribution is 0.254. The van der Waals surface area contributed by atoms with Crippen LogP contribution in [0, 0.1) is 0 Å². The lowest BCUT2D eigenvalue weighted by Crippen LogP contribution is -2.30. The summed E-state index contributed by atoms with van der Waals surface area (Å²) in [6.07, 6.45) is 0. The van der Waals surface area contributed by atoms with Crippen molar-refractivity contribution in [1.82, 2.24) is 14.7 Å². The van der Waals surface area contributed by atoms with E-state index in [9.17, 15) is 0 Å². The van der Waals surface area contributed by atoms with Crippen LogP contribution in [0.25, 0.3) is 0 Å². The van der Waals surface area contributed by atoms with E-state index in [-0.39, 0.29) is 6.61 Å². The molecule has 4 heteroatoms. The first-order valence-corrected chi connectivity index (χ1v) is 4.14. The minimum Gasteiger partial charge on any atom is -0.390 e. The van der Waals surface area contributed by atoms with Gasteiger partial charge in [0.1, 0.15) is 0 Å². The highest BCUT2D eigenvalue weighted by atomic mass is 16.3. The van der Waals surface area contributed by atoms with E-state index < -0.39 is 0 Å². The van der Waals surface area contributed by atoms with Gasteiger partial charge < -0.3 is 5.11 Å². The third kappa shape index (κ3) is 1.23. The monoisotopic (exact) mass is 167 g/mol. The molecular weight excluding hydrogens is 154 g/mol. The molecule has 2 heterocycles. The molecule has 0 fully saturated rings.